The number of benzene rings is 2. The van der Waals surface area contributed by atoms with Crippen LogP contribution >= 0.6 is 0 Å². The minimum absolute atomic E-state index is 0.0571. The minimum atomic E-state index is -0.408. The van der Waals surface area contributed by atoms with E-state index in [1.807, 2.05) is 6.07 Å². The molecule has 0 aliphatic rings. The molecule has 24 heavy (non-hydrogen) atoms. The first-order valence-electron chi connectivity index (χ1n) is 7.23. The Morgan fingerprint density at radius 3 is 2.33 bits per heavy atom. The molecule has 118 valence electrons. The van der Waals surface area contributed by atoms with E-state index in [0.717, 1.165) is 0 Å². The van der Waals surface area contributed by atoms with Gasteiger partial charge in [0.25, 0.3) is 0 Å². The van der Waals surface area contributed by atoms with Gasteiger partial charge in [0.1, 0.15) is 29.1 Å². The Labute approximate surface area is 138 Å². The summed E-state index contributed by atoms with van der Waals surface area (Å²) in [6.07, 6.45) is 0. The van der Waals surface area contributed by atoms with Crippen molar-refractivity contribution in [1.82, 2.24) is 4.98 Å². The van der Waals surface area contributed by atoms with Crippen LogP contribution in [0.5, 0.6) is 0 Å². The third kappa shape index (κ3) is 2.70. The smallest absolute Gasteiger partial charge is 0.142 e. The molecule has 2 N–H and O–H groups in total. The van der Waals surface area contributed by atoms with Crippen molar-refractivity contribution < 1.29 is 8.78 Å². The van der Waals surface area contributed by atoms with Gasteiger partial charge in [-0.3, -0.25) is 0 Å². The average Bonchev–Trinajstić information content (AvgIpc) is 2.57. The van der Waals surface area contributed by atoms with Crippen LogP contribution in [0.15, 0.2) is 48.5 Å². The lowest BCUT2D eigenvalue weighted by atomic mass is 9.93. The van der Waals surface area contributed by atoms with Crippen molar-refractivity contribution in [2.75, 3.05) is 5.73 Å². The molecule has 0 saturated carbocycles. The van der Waals surface area contributed by atoms with Crippen LogP contribution in [0, 0.1) is 29.9 Å². The first-order chi connectivity index (χ1) is 11.5. The van der Waals surface area contributed by atoms with Crippen molar-refractivity contribution in [2.24, 2.45) is 0 Å². The van der Waals surface area contributed by atoms with E-state index in [2.05, 4.69) is 4.98 Å². The molecule has 0 bridgehead atoms. The molecule has 5 heteroatoms. The van der Waals surface area contributed by atoms with Gasteiger partial charge < -0.3 is 5.73 Å². The number of rotatable bonds is 2. The van der Waals surface area contributed by atoms with Gasteiger partial charge in [-0.25, -0.2) is 13.8 Å². The second kappa shape index (κ2) is 6.09. The number of nitrogens with two attached hydrogens (primary N) is 1. The fourth-order valence-corrected chi connectivity index (χ4v) is 2.70. The first kappa shape index (κ1) is 15.6. The largest absolute Gasteiger partial charge is 0.383 e. The monoisotopic (exact) mass is 321 g/mol. The molecule has 0 unspecified atom stereocenters. The van der Waals surface area contributed by atoms with Crippen LogP contribution in [0.3, 0.4) is 0 Å². The van der Waals surface area contributed by atoms with Crippen molar-refractivity contribution in [3.63, 3.8) is 0 Å². The van der Waals surface area contributed by atoms with E-state index in [9.17, 15) is 14.0 Å². The molecule has 2 aromatic carbocycles. The van der Waals surface area contributed by atoms with Crippen LogP contribution in [0.1, 0.15) is 11.1 Å². The number of nitriles is 1. The number of halogens is 2. The fourth-order valence-electron chi connectivity index (χ4n) is 2.70. The van der Waals surface area contributed by atoms with E-state index in [1.54, 1.807) is 31.2 Å². The van der Waals surface area contributed by atoms with Gasteiger partial charge in [0.15, 0.2) is 0 Å². The molecular weight excluding hydrogens is 308 g/mol. The molecule has 0 aliphatic heterocycles. The Morgan fingerprint density at radius 1 is 1.00 bits per heavy atom. The van der Waals surface area contributed by atoms with Crippen molar-refractivity contribution in [3.8, 4) is 28.5 Å². The maximum Gasteiger partial charge on any atom is 0.142 e. The third-order valence-corrected chi connectivity index (χ3v) is 3.81. The molecule has 3 aromatic rings. The summed E-state index contributed by atoms with van der Waals surface area (Å²) in [5, 5.41) is 9.44. The lowest BCUT2D eigenvalue weighted by molar-refractivity contribution is 0.627. The van der Waals surface area contributed by atoms with Crippen LogP contribution in [0.2, 0.25) is 0 Å². The van der Waals surface area contributed by atoms with E-state index < -0.39 is 5.82 Å². The molecule has 0 aliphatic carbocycles. The Kier molecular flexibility index (Phi) is 3.97. The van der Waals surface area contributed by atoms with Crippen molar-refractivity contribution >= 4 is 5.82 Å². The summed E-state index contributed by atoms with van der Waals surface area (Å²) in [5.74, 6) is -0.709. The number of hydrogen-bond acceptors (Lipinski definition) is 3. The van der Waals surface area contributed by atoms with Crippen LogP contribution in [-0.2, 0) is 0 Å². The molecule has 0 amide bonds. The number of anilines is 1. The maximum absolute atomic E-state index is 13.6. The number of aromatic nitrogens is 1. The number of nitrogens with zero attached hydrogens (tertiary/aromatic N) is 2. The second-order valence-corrected chi connectivity index (χ2v) is 5.35. The van der Waals surface area contributed by atoms with E-state index in [4.69, 9.17) is 5.73 Å². The molecule has 3 nitrogen and oxygen atoms in total. The standard InChI is InChI=1S/C19H13F2N3/c1-11-17(13-3-2-4-15(21)9-13)16(10-22)19(23)24-18(11)12-5-7-14(20)8-6-12/h2-9H,1H3,(H2,23,24). The highest BCUT2D eigenvalue weighted by Gasteiger charge is 2.18. The molecule has 3 rings (SSSR count). The van der Waals surface area contributed by atoms with Gasteiger partial charge in [-0.2, -0.15) is 5.26 Å². The van der Waals surface area contributed by atoms with Crippen LogP contribution < -0.4 is 5.73 Å². The SMILES string of the molecule is Cc1c(-c2ccc(F)cc2)nc(N)c(C#N)c1-c1cccc(F)c1. The molecule has 0 spiro atoms. The highest BCUT2D eigenvalue weighted by molar-refractivity contribution is 5.84. The molecule has 0 radical (unpaired) electrons. The van der Waals surface area contributed by atoms with E-state index in [1.165, 1.54) is 24.3 Å². The Bertz CT molecular complexity index is 958. The number of pyridine rings is 1. The summed E-state index contributed by atoms with van der Waals surface area (Å²) in [6.45, 7) is 1.78. The van der Waals surface area contributed by atoms with Gasteiger partial charge in [-0.05, 0) is 54.4 Å². The zero-order valence-corrected chi connectivity index (χ0v) is 12.8. The van der Waals surface area contributed by atoms with Crippen LogP contribution in [0.25, 0.3) is 22.4 Å². The summed E-state index contributed by atoms with van der Waals surface area (Å²) in [4.78, 5) is 4.29. The van der Waals surface area contributed by atoms with Crippen molar-refractivity contribution in [1.29, 1.82) is 5.26 Å². The van der Waals surface area contributed by atoms with Gasteiger partial charge in [-0.1, -0.05) is 12.1 Å². The lowest BCUT2D eigenvalue weighted by Gasteiger charge is -2.15. The Balaban J connectivity index is 2.32. The van der Waals surface area contributed by atoms with Gasteiger partial charge >= 0.3 is 0 Å². The Hall–Kier alpha value is -3.26. The summed E-state index contributed by atoms with van der Waals surface area (Å²) < 4.78 is 26.8. The molecular formula is C19H13F2N3. The highest BCUT2D eigenvalue weighted by atomic mass is 19.1. The lowest BCUT2D eigenvalue weighted by Crippen LogP contribution is -2.03. The zero-order chi connectivity index (χ0) is 17.3. The zero-order valence-electron chi connectivity index (χ0n) is 12.8. The fraction of sp³-hybridized carbons (Fsp3) is 0.0526. The maximum atomic E-state index is 13.6. The van der Waals surface area contributed by atoms with Crippen LogP contribution in [0.4, 0.5) is 14.6 Å². The Morgan fingerprint density at radius 2 is 1.71 bits per heavy atom. The minimum Gasteiger partial charge on any atom is -0.383 e. The van der Waals surface area contributed by atoms with Crippen molar-refractivity contribution in [2.45, 2.75) is 6.92 Å². The predicted molar refractivity (Wildman–Crippen MR) is 88.9 cm³/mol. The molecule has 0 saturated heterocycles. The summed E-state index contributed by atoms with van der Waals surface area (Å²) >= 11 is 0. The van der Waals surface area contributed by atoms with Crippen LogP contribution in [-0.4, -0.2) is 4.98 Å². The molecule has 1 heterocycles. The predicted octanol–water partition coefficient (Wildman–Crippen LogP) is 4.46. The summed E-state index contributed by atoms with van der Waals surface area (Å²) in [6, 6.07) is 13.8. The highest BCUT2D eigenvalue weighted by Crippen LogP contribution is 2.35. The van der Waals surface area contributed by atoms with Gasteiger partial charge in [0.05, 0.1) is 5.69 Å². The van der Waals surface area contributed by atoms with Gasteiger partial charge in [0.2, 0.25) is 0 Å². The van der Waals surface area contributed by atoms with Crippen molar-refractivity contribution in [3.05, 3.63) is 71.3 Å². The molecule has 1 aromatic heterocycles. The van der Waals surface area contributed by atoms with E-state index in [-0.39, 0.29) is 17.2 Å². The van der Waals surface area contributed by atoms with Gasteiger partial charge in [-0.15, -0.1) is 0 Å². The first-order valence-corrected chi connectivity index (χ1v) is 7.23. The summed E-state index contributed by atoms with van der Waals surface area (Å²) in [7, 11) is 0. The van der Waals surface area contributed by atoms with E-state index in [0.29, 0.717) is 27.9 Å². The quantitative estimate of drug-likeness (QED) is 0.758. The third-order valence-electron chi connectivity index (χ3n) is 3.81. The topological polar surface area (TPSA) is 62.7 Å². The van der Waals surface area contributed by atoms with Gasteiger partial charge in [0, 0.05) is 11.1 Å². The number of nitrogen functional groups attached to an aromatic ring is 1. The summed E-state index contributed by atoms with van der Waals surface area (Å²) in [5.41, 5.74) is 9.10. The molecule has 0 atom stereocenters. The van der Waals surface area contributed by atoms with E-state index >= 15 is 0 Å². The average molecular weight is 321 g/mol. The number of hydrogen-bond donors (Lipinski definition) is 1. The second-order valence-electron chi connectivity index (χ2n) is 5.35. The normalized spacial score (nSPS) is 10.4. The molecule has 0 fully saturated rings.